The molecule has 0 radical (unpaired) electrons. The summed E-state index contributed by atoms with van der Waals surface area (Å²) >= 11 is 0. The Labute approximate surface area is 176 Å². The number of aryl methyl sites for hydroxylation is 2. The summed E-state index contributed by atoms with van der Waals surface area (Å²) in [6, 6.07) is 6.11. The number of likely N-dealkylation sites (tertiary alicyclic amines) is 1. The van der Waals surface area contributed by atoms with Crippen LogP contribution < -0.4 is 9.47 Å². The maximum atomic E-state index is 12.8. The predicted molar refractivity (Wildman–Crippen MR) is 110 cm³/mol. The molecule has 7 heteroatoms. The molecule has 3 aliphatic heterocycles. The molecule has 0 aliphatic carbocycles. The van der Waals surface area contributed by atoms with Gasteiger partial charge < -0.3 is 19.1 Å². The van der Waals surface area contributed by atoms with E-state index in [9.17, 15) is 4.79 Å². The van der Waals surface area contributed by atoms with Crippen LogP contribution in [0.5, 0.6) is 11.6 Å². The number of benzene rings is 1. The molecule has 30 heavy (non-hydrogen) atoms. The number of carbonyl (C=O) groups excluding carboxylic acids is 1. The second kappa shape index (κ2) is 7.87. The second-order valence-corrected chi connectivity index (χ2v) is 8.58. The van der Waals surface area contributed by atoms with E-state index in [2.05, 4.69) is 16.0 Å². The van der Waals surface area contributed by atoms with E-state index < -0.39 is 0 Å². The van der Waals surface area contributed by atoms with Gasteiger partial charge in [0.1, 0.15) is 17.5 Å². The number of hydrogen-bond acceptors (Lipinski definition) is 6. The number of carbonyl (C=O) groups is 1. The first-order valence-corrected chi connectivity index (χ1v) is 10.7. The summed E-state index contributed by atoms with van der Waals surface area (Å²) in [5.74, 6) is 1.66. The van der Waals surface area contributed by atoms with Crippen LogP contribution in [0.25, 0.3) is 0 Å². The van der Waals surface area contributed by atoms with Crippen molar-refractivity contribution in [2.75, 3.05) is 26.3 Å². The summed E-state index contributed by atoms with van der Waals surface area (Å²) in [5, 5.41) is 0. The van der Waals surface area contributed by atoms with Crippen molar-refractivity contribution in [3.05, 3.63) is 47.4 Å². The molecule has 2 saturated heterocycles. The largest absolute Gasteiger partial charge is 0.493 e. The van der Waals surface area contributed by atoms with Crippen LogP contribution in [0.3, 0.4) is 0 Å². The van der Waals surface area contributed by atoms with E-state index in [0.29, 0.717) is 32.0 Å². The summed E-state index contributed by atoms with van der Waals surface area (Å²) in [6.45, 7) is 4.56. The molecule has 3 aliphatic rings. The third-order valence-corrected chi connectivity index (χ3v) is 6.11. The Bertz CT molecular complexity index is 942. The quantitative estimate of drug-likeness (QED) is 0.773. The lowest BCUT2D eigenvalue weighted by atomic mass is 9.84. The van der Waals surface area contributed by atoms with Gasteiger partial charge in [-0.2, -0.15) is 0 Å². The van der Waals surface area contributed by atoms with Crippen LogP contribution in [0.15, 0.2) is 30.6 Å². The summed E-state index contributed by atoms with van der Waals surface area (Å²) < 4.78 is 17.8. The Morgan fingerprint density at radius 2 is 2.20 bits per heavy atom. The zero-order chi connectivity index (χ0) is 20.6. The Kier molecular flexibility index (Phi) is 5.06. The van der Waals surface area contributed by atoms with Crippen molar-refractivity contribution in [3.8, 4) is 11.6 Å². The third-order valence-electron chi connectivity index (χ3n) is 6.11. The molecule has 7 nitrogen and oxygen atoms in total. The van der Waals surface area contributed by atoms with E-state index in [1.165, 1.54) is 5.56 Å². The highest BCUT2D eigenvalue weighted by atomic mass is 16.5. The van der Waals surface area contributed by atoms with Crippen molar-refractivity contribution in [2.24, 2.45) is 0 Å². The molecule has 1 aromatic carbocycles. The van der Waals surface area contributed by atoms with E-state index in [4.69, 9.17) is 14.2 Å². The molecule has 0 saturated carbocycles. The number of aromatic nitrogens is 2. The van der Waals surface area contributed by atoms with Gasteiger partial charge >= 0.3 is 0 Å². The lowest BCUT2D eigenvalue weighted by Crippen LogP contribution is -2.67. The van der Waals surface area contributed by atoms with Gasteiger partial charge in [-0.25, -0.2) is 4.98 Å². The predicted octanol–water partition coefficient (Wildman–Crippen LogP) is 2.49. The van der Waals surface area contributed by atoms with Gasteiger partial charge in [-0.1, -0.05) is 12.1 Å². The average molecular weight is 409 g/mol. The highest BCUT2D eigenvalue weighted by Crippen LogP contribution is 2.36. The van der Waals surface area contributed by atoms with Gasteiger partial charge in [0.15, 0.2) is 0 Å². The first kappa shape index (κ1) is 19.3. The number of nitrogens with zero attached hydrogens (tertiary/aromatic N) is 3. The van der Waals surface area contributed by atoms with Crippen molar-refractivity contribution >= 4 is 5.91 Å². The smallest absolute Gasteiger partial charge is 0.232 e. The Balaban J connectivity index is 1.16. The topological polar surface area (TPSA) is 73.8 Å². The van der Waals surface area contributed by atoms with Gasteiger partial charge in [-0.3, -0.25) is 9.78 Å². The molecule has 0 unspecified atom stereocenters. The number of fused-ring (bicyclic) bond motifs is 1. The molecule has 1 atom stereocenters. The molecule has 0 bridgehead atoms. The Hall–Kier alpha value is -2.67. The summed E-state index contributed by atoms with van der Waals surface area (Å²) in [4.78, 5) is 23.2. The van der Waals surface area contributed by atoms with Crippen molar-refractivity contribution in [3.63, 3.8) is 0 Å². The number of rotatable bonds is 4. The lowest BCUT2D eigenvalue weighted by Gasteiger charge is -2.52. The van der Waals surface area contributed by atoms with Crippen molar-refractivity contribution in [1.29, 1.82) is 0 Å². The van der Waals surface area contributed by atoms with Crippen LogP contribution in [0.4, 0.5) is 0 Å². The number of hydrogen-bond donors (Lipinski definition) is 0. The molecular weight excluding hydrogens is 382 g/mol. The van der Waals surface area contributed by atoms with E-state index in [0.717, 1.165) is 49.3 Å². The van der Waals surface area contributed by atoms with E-state index in [1.54, 1.807) is 12.4 Å². The fourth-order valence-electron chi connectivity index (χ4n) is 4.61. The maximum Gasteiger partial charge on any atom is 0.232 e. The van der Waals surface area contributed by atoms with Crippen molar-refractivity contribution in [2.45, 2.75) is 50.7 Å². The van der Waals surface area contributed by atoms with Crippen LogP contribution in [-0.2, 0) is 22.4 Å². The average Bonchev–Trinajstić information content (AvgIpc) is 2.72. The van der Waals surface area contributed by atoms with Crippen molar-refractivity contribution < 1.29 is 19.0 Å². The first-order valence-electron chi connectivity index (χ1n) is 10.7. The molecule has 5 rings (SSSR count). The van der Waals surface area contributed by atoms with E-state index >= 15 is 0 Å². The maximum absolute atomic E-state index is 12.8. The van der Waals surface area contributed by atoms with Crippen LogP contribution in [0.2, 0.25) is 0 Å². The summed E-state index contributed by atoms with van der Waals surface area (Å²) in [5.41, 5.74) is 2.80. The molecule has 2 aromatic rings. The van der Waals surface area contributed by atoms with Crippen molar-refractivity contribution in [1.82, 2.24) is 14.9 Å². The first-order chi connectivity index (χ1) is 14.6. The van der Waals surface area contributed by atoms with Crippen LogP contribution in [0, 0.1) is 6.92 Å². The van der Waals surface area contributed by atoms with Gasteiger partial charge in [0, 0.05) is 19.0 Å². The minimum Gasteiger partial charge on any atom is -0.493 e. The molecule has 158 valence electrons. The van der Waals surface area contributed by atoms with Gasteiger partial charge in [0.2, 0.25) is 11.8 Å². The fraction of sp³-hybridized carbons (Fsp3) is 0.522. The van der Waals surface area contributed by atoms with E-state index in [1.807, 2.05) is 24.0 Å². The minimum absolute atomic E-state index is 0.0350. The fourth-order valence-corrected chi connectivity index (χ4v) is 4.61. The molecule has 1 amide bonds. The Morgan fingerprint density at radius 1 is 1.30 bits per heavy atom. The highest BCUT2D eigenvalue weighted by Gasteiger charge is 2.49. The zero-order valence-electron chi connectivity index (χ0n) is 17.3. The molecule has 0 N–H and O–H groups in total. The van der Waals surface area contributed by atoms with Gasteiger partial charge in [0.25, 0.3) is 0 Å². The monoisotopic (exact) mass is 409 g/mol. The van der Waals surface area contributed by atoms with Gasteiger partial charge in [-0.05, 0) is 37.0 Å². The second-order valence-electron chi connectivity index (χ2n) is 8.58. The zero-order valence-corrected chi connectivity index (χ0v) is 17.3. The van der Waals surface area contributed by atoms with Gasteiger partial charge in [0.05, 0.1) is 44.6 Å². The van der Waals surface area contributed by atoms with Crippen LogP contribution in [-0.4, -0.2) is 58.8 Å². The van der Waals surface area contributed by atoms with Gasteiger partial charge in [-0.15, -0.1) is 0 Å². The minimum atomic E-state index is -0.292. The van der Waals surface area contributed by atoms with E-state index in [-0.39, 0.29) is 17.6 Å². The molecule has 1 aromatic heterocycles. The molecular formula is C23H27N3O4. The third kappa shape index (κ3) is 3.99. The summed E-state index contributed by atoms with van der Waals surface area (Å²) in [6.07, 6.45) is 7.46. The lowest BCUT2D eigenvalue weighted by molar-refractivity contribution is -0.193. The molecule has 2 fully saturated rings. The molecule has 1 spiro atoms. The normalized spacial score (nSPS) is 22.0. The van der Waals surface area contributed by atoms with Crippen LogP contribution in [0.1, 0.15) is 36.1 Å². The SMILES string of the molecule is Cc1cncc(O[C@@H]2CCOC3(C2)CN(C(=O)Cc2ccc4c(c2)CCCO4)C3)n1. The highest BCUT2D eigenvalue weighted by molar-refractivity contribution is 5.80. The Morgan fingerprint density at radius 3 is 3.07 bits per heavy atom. The number of ether oxygens (including phenoxy) is 3. The standard InChI is InChI=1S/C23H27N3O4/c1-16-12-24-13-21(25-16)30-19-6-8-29-23(11-19)14-26(15-23)22(27)10-17-4-5-20-18(9-17)3-2-7-28-20/h4-5,9,12-13,19H,2-3,6-8,10-11,14-15H2,1H3/t19-/m1/s1. The summed E-state index contributed by atoms with van der Waals surface area (Å²) in [7, 11) is 0. The van der Waals surface area contributed by atoms with Crippen LogP contribution >= 0.6 is 0 Å². The molecule has 4 heterocycles. The number of amides is 1.